The fourth-order valence-corrected chi connectivity index (χ4v) is 2.39. The third kappa shape index (κ3) is 2.76. The lowest BCUT2D eigenvalue weighted by Crippen LogP contribution is -2.05. The minimum Gasteiger partial charge on any atom is -0.346 e. The normalized spacial score (nSPS) is 11.8. The fraction of sp³-hybridized carbons (Fsp3) is 0.182. The van der Waals surface area contributed by atoms with Crippen molar-refractivity contribution >= 4 is 23.6 Å². The number of pyridine rings is 1. The van der Waals surface area contributed by atoms with Gasteiger partial charge in [-0.2, -0.15) is 13.2 Å². The topological polar surface area (TPSA) is 15.8 Å². The molecule has 0 aliphatic rings. The van der Waals surface area contributed by atoms with E-state index in [1.165, 1.54) is 11.3 Å². The van der Waals surface area contributed by atoms with Gasteiger partial charge < -0.3 is 4.98 Å². The van der Waals surface area contributed by atoms with Gasteiger partial charge in [-0.3, -0.25) is 0 Å². The van der Waals surface area contributed by atoms with Crippen LogP contribution >= 0.6 is 23.6 Å². The molecule has 1 nitrogen and oxygen atoms in total. The van der Waals surface area contributed by atoms with Gasteiger partial charge in [0.2, 0.25) is 0 Å². The quantitative estimate of drug-likeness (QED) is 0.739. The molecule has 2 aromatic heterocycles. The molecule has 0 amide bonds. The van der Waals surface area contributed by atoms with E-state index in [0.29, 0.717) is 5.69 Å². The highest BCUT2D eigenvalue weighted by Gasteiger charge is 2.31. The molecule has 0 unspecified atom stereocenters. The average molecular weight is 275 g/mol. The van der Waals surface area contributed by atoms with Crippen LogP contribution in [0.3, 0.4) is 0 Å². The number of H-pyrrole nitrogens is 1. The van der Waals surface area contributed by atoms with Crippen molar-refractivity contribution < 1.29 is 13.2 Å². The van der Waals surface area contributed by atoms with Crippen molar-refractivity contribution in [3.8, 4) is 11.3 Å². The first kappa shape index (κ1) is 12.3. The Morgan fingerprint density at radius 2 is 1.94 bits per heavy atom. The lowest BCUT2D eigenvalue weighted by atomic mass is 10.1. The lowest BCUT2D eigenvalue weighted by molar-refractivity contribution is -0.137. The van der Waals surface area contributed by atoms with E-state index in [1.54, 1.807) is 5.38 Å². The summed E-state index contributed by atoms with van der Waals surface area (Å²) in [6, 6.07) is 3.83. The number of rotatable bonds is 1. The van der Waals surface area contributed by atoms with E-state index in [1.807, 2.05) is 13.0 Å². The molecular weight excluding hydrogens is 267 g/mol. The number of aromatic amines is 1. The fourth-order valence-electron chi connectivity index (χ4n) is 1.45. The summed E-state index contributed by atoms with van der Waals surface area (Å²) in [6.45, 7) is 1.90. The first-order valence-corrected chi connectivity index (χ1v) is 6.02. The van der Waals surface area contributed by atoms with Gasteiger partial charge in [-0.1, -0.05) is 12.2 Å². The highest BCUT2D eigenvalue weighted by Crippen LogP contribution is 2.32. The Morgan fingerprint density at radius 3 is 2.47 bits per heavy atom. The van der Waals surface area contributed by atoms with Crippen LogP contribution in [0, 0.1) is 11.6 Å². The molecule has 0 aromatic carbocycles. The summed E-state index contributed by atoms with van der Waals surface area (Å²) in [4.78, 5) is 3.81. The number of nitrogens with one attached hydrogen (secondary N) is 1. The Hall–Kier alpha value is -1.14. The summed E-state index contributed by atoms with van der Waals surface area (Å²) in [5, 5.41) is 1.80. The van der Waals surface area contributed by atoms with E-state index in [9.17, 15) is 13.2 Å². The zero-order chi connectivity index (χ0) is 12.6. The highest BCUT2D eigenvalue weighted by molar-refractivity contribution is 7.71. The molecular formula is C11H8F3NS2. The number of aryl methyl sites for hydroxylation is 1. The van der Waals surface area contributed by atoms with Crippen molar-refractivity contribution in [3.63, 3.8) is 0 Å². The lowest BCUT2D eigenvalue weighted by Gasteiger charge is -2.08. The number of hydrogen-bond acceptors (Lipinski definition) is 2. The summed E-state index contributed by atoms with van der Waals surface area (Å²) >= 11 is 6.29. The molecule has 0 saturated carbocycles. The number of aromatic nitrogens is 1. The van der Waals surface area contributed by atoms with Crippen LogP contribution in [0.1, 0.15) is 10.4 Å². The van der Waals surface area contributed by atoms with Crippen LogP contribution < -0.4 is 0 Å². The van der Waals surface area contributed by atoms with Gasteiger partial charge in [0.05, 0.1) is 5.56 Å². The minimum absolute atomic E-state index is 0.0821. The van der Waals surface area contributed by atoms with Crippen LogP contribution in [-0.4, -0.2) is 4.98 Å². The van der Waals surface area contributed by atoms with Crippen LogP contribution in [0.15, 0.2) is 23.6 Å². The van der Waals surface area contributed by atoms with Crippen molar-refractivity contribution in [2.75, 3.05) is 0 Å². The predicted octanol–water partition coefficient (Wildman–Crippen LogP) is 4.80. The maximum absolute atomic E-state index is 12.6. The second-order valence-electron chi connectivity index (χ2n) is 3.59. The summed E-state index contributed by atoms with van der Waals surface area (Å²) in [6.07, 6.45) is -4.37. The molecule has 0 fully saturated rings. The molecule has 2 heterocycles. The van der Waals surface area contributed by atoms with Crippen LogP contribution in [0.25, 0.3) is 11.3 Å². The molecule has 0 aliphatic carbocycles. The third-order valence-corrected chi connectivity index (χ3v) is 3.29. The number of halogens is 3. The van der Waals surface area contributed by atoms with Gasteiger partial charge >= 0.3 is 6.18 Å². The van der Waals surface area contributed by atoms with Crippen molar-refractivity contribution in [3.05, 3.63) is 38.7 Å². The van der Waals surface area contributed by atoms with Crippen molar-refractivity contribution in [2.45, 2.75) is 13.1 Å². The molecule has 0 atom stereocenters. The maximum atomic E-state index is 12.6. The first-order chi connectivity index (χ1) is 7.86. The maximum Gasteiger partial charge on any atom is 0.416 e. The first-order valence-electron chi connectivity index (χ1n) is 4.73. The number of hydrogen-bond donors (Lipinski definition) is 1. The van der Waals surface area contributed by atoms with Gasteiger partial charge in [0, 0.05) is 21.5 Å². The Kier molecular flexibility index (Phi) is 3.09. The van der Waals surface area contributed by atoms with Crippen LogP contribution in [0.2, 0.25) is 0 Å². The Balaban J connectivity index is 2.57. The zero-order valence-electron chi connectivity index (χ0n) is 8.76. The van der Waals surface area contributed by atoms with Crippen molar-refractivity contribution in [1.82, 2.24) is 4.98 Å². The highest BCUT2D eigenvalue weighted by atomic mass is 32.1. The van der Waals surface area contributed by atoms with E-state index in [2.05, 4.69) is 4.98 Å². The molecule has 1 N–H and O–H groups in total. The Morgan fingerprint density at radius 1 is 1.24 bits per heavy atom. The van der Waals surface area contributed by atoms with Crippen LogP contribution in [0.5, 0.6) is 0 Å². The predicted molar refractivity (Wildman–Crippen MR) is 64.7 cm³/mol. The molecule has 6 heteroatoms. The number of alkyl halides is 3. The minimum atomic E-state index is -4.37. The van der Waals surface area contributed by atoms with E-state index >= 15 is 0 Å². The van der Waals surface area contributed by atoms with Crippen LogP contribution in [-0.2, 0) is 6.18 Å². The number of thiophene rings is 1. The zero-order valence-corrected chi connectivity index (χ0v) is 10.4. The van der Waals surface area contributed by atoms with Gasteiger partial charge in [-0.25, -0.2) is 0 Å². The van der Waals surface area contributed by atoms with E-state index in [-0.39, 0.29) is 4.64 Å². The van der Waals surface area contributed by atoms with Gasteiger partial charge in [0.15, 0.2) is 0 Å². The van der Waals surface area contributed by atoms with E-state index in [0.717, 1.165) is 22.6 Å². The molecule has 2 rings (SSSR count). The molecule has 0 spiro atoms. The summed E-state index contributed by atoms with van der Waals surface area (Å²) in [7, 11) is 0. The van der Waals surface area contributed by atoms with E-state index in [4.69, 9.17) is 12.2 Å². The SMILES string of the molecule is Cc1cc(-c2cc(C(F)(F)F)cc(=S)[nH]2)cs1. The Bertz CT molecular complexity index is 595. The largest absolute Gasteiger partial charge is 0.416 e. The summed E-state index contributed by atoms with van der Waals surface area (Å²) in [5.41, 5.74) is 0.402. The monoisotopic (exact) mass is 275 g/mol. The average Bonchev–Trinajstić information content (AvgIpc) is 2.62. The Labute approximate surface area is 105 Å². The second kappa shape index (κ2) is 4.27. The second-order valence-corrected chi connectivity index (χ2v) is 5.15. The van der Waals surface area contributed by atoms with Gasteiger partial charge in [-0.15, -0.1) is 11.3 Å². The molecule has 0 bridgehead atoms. The summed E-state index contributed by atoms with van der Waals surface area (Å²) in [5.74, 6) is 0. The molecule has 17 heavy (non-hydrogen) atoms. The standard InChI is InChI=1S/C11H8F3NS2/c1-6-2-7(5-17-6)9-3-8(11(12,13)14)4-10(16)15-9/h2-5H,1H3,(H,15,16). The van der Waals surface area contributed by atoms with E-state index < -0.39 is 11.7 Å². The molecule has 2 aromatic rings. The van der Waals surface area contributed by atoms with Gasteiger partial charge in [0.1, 0.15) is 4.64 Å². The summed E-state index contributed by atoms with van der Waals surface area (Å²) < 4.78 is 37.9. The van der Waals surface area contributed by atoms with Gasteiger partial charge in [-0.05, 0) is 25.1 Å². The van der Waals surface area contributed by atoms with Crippen LogP contribution in [0.4, 0.5) is 13.2 Å². The molecule has 0 radical (unpaired) electrons. The smallest absolute Gasteiger partial charge is 0.346 e. The van der Waals surface area contributed by atoms with Crippen molar-refractivity contribution in [2.24, 2.45) is 0 Å². The van der Waals surface area contributed by atoms with Crippen molar-refractivity contribution in [1.29, 1.82) is 0 Å². The van der Waals surface area contributed by atoms with Gasteiger partial charge in [0.25, 0.3) is 0 Å². The molecule has 0 saturated heterocycles. The third-order valence-electron chi connectivity index (χ3n) is 2.21. The molecule has 90 valence electrons. The molecule has 0 aliphatic heterocycles.